The molecule has 2 aliphatic heterocycles. The average molecular weight is 599 g/mol. The fourth-order valence-corrected chi connectivity index (χ4v) is 6.04. The zero-order valence-corrected chi connectivity index (χ0v) is 24.3. The van der Waals surface area contributed by atoms with Crippen molar-refractivity contribution in [1.29, 1.82) is 0 Å². The van der Waals surface area contributed by atoms with Crippen LogP contribution in [0.2, 0.25) is 0 Å². The second kappa shape index (κ2) is 12.8. The number of fused-ring (bicyclic) bond motifs is 1. The van der Waals surface area contributed by atoms with Gasteiger partial charge >= 0.3 is 0 Å². The largest absolute Gasteiger partial charge is 0.394 e. The number of nitro groups is 1. The maximum atomic E-state index is 14.0. The molecule has 2 heterocycles. The SMILES string of the molecule is C[C@H](/C=C/CC(=O)N1CCC[C@H]1CO)[C@@]1(O)C(=O)N(Cc2cccc(N(C=O)c3ccccc3)c2)c2ccc([N+](=O)[O-])cc21. The predicted octanol–water partition coefficient (Wildman–Crippen LogP) is 4.19. The molecule has 3 aromatic carbocycles. The van der Waals surface area contributed by atoms with Crippen molar-refractivity contribution in [1.82, 2.24) is 4.90 Å². The number of non-ortho nitro benzene ring substituents is 1. The summed E-state index contributed by atoms with van der Waals surface area (Å²) >= 11 is 0. The molecule has 0 unspecified atom stereocenters. The minimum atomic E-state index is -2.13. The molecule has 0 radical (unpaired) electrons. The van der Waals surface area contributed by atoms with Crippen LogP contribution in [-0.4, -0.2) is 57.5 Å². The van der Waals surface area contributed by atoms with E-state index < -0.39 is 22.3 Å². The number of amides is 3. The Morgan fingerprint density at radius 2 is 1.89 bits per heavy atom. The van der Waals surface area contributed by atoms with Gasteiger partial charge in [-0.3, -0.25) is 29.4 Å². The first kappa shape index (κ1) is 30.6. The first-order chi connectivity index (χ1) is 21.2. The van der Waals surface area contributed by atoms with E-state index >= 15 is 0 Å². The molecule has 3 aromatic rings. The Balaban J connectivity index is 1.42. The second-order valence-corrected chi connectivity index (χ2v) is 11.1. The summed E-state index contributed by atoms with van der Waals surface area (Å²) in [4.78, 5) is 54.3. The summed E-state index contributed by atoms with van der Waals surface area (Å²) in [5.74, 6) is -1.65. The van der Waals surface area contributed by atoms with E-state index in [1.54, 1.807) is 60.4 Å². The summed E-state index contributed by atoms with van der Waals surface area (Å²) in [5.41, 5.74) is -0.0306. The molecule has 0 spiro atoms. The smallest absolute Gasteiger partial charge is 0.269 e. The summed E-state index contributed by atoms with van der Waals surface area (Å²) in [6, 6.07) is 19.9. The Morgan fingerprint density at radius 3 is 2.59 bits per heavy atom. The van der Waals surface area contributed by atoms with Crippen LogP contribution in [0, 0.1) is 16.0 Å². The zero-order valence-electron chi connectivity index (χ0n) is 24.3. The fraction of sp³-hybridized carbons (Fsp3) is 0.303. The number of anilines is 3. The van der Waals surface area contributed by atoms with E-state index in [1.165, 1.54) is 28.0 Å². The molecule has 2 N–H and O–H groups in total. The van der Waals surface area contributed by atoms with Gasteiger partial charge in [-0.2, -0.15) is 0 Å². The Hall–Kier alpha value is -4.87. The number of nitrogens with zero attached hydrogens (tertiary/aromatic N) is 4. The number of hydrogen-bond donors (Lipinski definition) is 2. The molecule has 44 heavy (non-hydrogen) atoms. The number of benzene rings is 3. The first-order valence-corrected chi connectivity index (χ1v) is 14.5. The van der Waals surface area contributed by atoms with E-state index in [4.69, 9.17) is 0 Å². The minimum Gasteiger partial charge on any atom is -0.394 e. The number of para-hydroxylation sites is 1. The number of rotatable bonds is 11. The summed E-state index contributed by atoms with van der Waals surface area (Å²) in [7, 11) is 0. The lowest BCUT2D eigenvalue weighted by Gasteiger charge is -2.28. The molecule has 5 rings (SSSR count). The van der Waals surface area contributed by atoms with Crippen molar-refractivity contribution in [3.63, 3.8) is 0 Å². The van der Waals surface area contributed by atoms with E-state index in [1.807, 2.05) is 18.2 Å². The molecule has 3 amide bonds. The van der Waals surface area contributed by atoms with E-state index in [2.05, 4.69) is 0 Å². The van der Waals surface area contributed by atoms with Gasteiger partial charge in [0.1, 0.15) is 0 Å². The van der Waals surface area contributed by atoms with Gasteiger partial charge in [0.2, 0.25) is 12.3 Å². The van der Waals surface area contributed by atoms with Gasteiger partial charge in [-0.1, -0.05) is 49.4 Å². The first-order valence-electron chi connectivity index (χ1n) is 14.5. The second-order valence-electron chi connectivity index (χ2n) is 11.1. The van der Waals surface area contributed by atoms with E-state index in [0.717, 1.165) is 12.8 Å². The van der Waals surface area contributed by atoms with Gasteiger partial charge in [-0.15, -0.1) is 0 Å². The number of carbonyl (C=O) groups excluding carboxylic acids is 3. The summed E-state index contributed by atoms with van der Waals surface area (Å²) < 4.78 is 0. The molecule has 0 saturated carbocycles. The van der Waals surface area contributed by atoms with Crippen LogP contribution in [0.5, 0.6) is 0 Å². The third-order valence-electron chi connectivity index (χ3n) is 8.42. The summed E-state index contributed by atoms with van der Waals surface area (Å²) in [6.07, 6.45) is 5.46. The molecule has 11 heteroatoms. The molecule has 0 bridgehead atoms. The topological polar surface area (TPSA) is 145 Å². The van der Waals surface area contributed by atoms with Gasteiger partial charge in [-0.05, 0) is 48.7 Å². The Morgan fingerprint density at radius 1 is 1.14 bits per heavy atom. The molecule has 11 nitrogen and oxygen atoms in total. The third kappa shape index (κ3) is 5.71. The highest BCUT2D eigenvalue weighted by molar-refractivity contribution is 6.07. The fourth-order valence-electron chi connectivity index (χ4n) is 6.04. The van der Waals surface area contributed by atoms with Crippen LogP contribution in [0.25, 0.3) is 0 Å². The molecule has 1 saturated heterocycles. The Labute approximate surface area is 254 Å². The Bertz CT molecular complexity index is 1590. The predicted molar refractivity (Wildman–Crippen MR) is 164 cm³/mol. The van der Waals surface area contributed by atoms with Gasteiger partial charge in [0.05, 0.1) is 29.8 Å². The van der Waals surface area contributed by atoms with Gasteiger partial charge in [-0.25, -0.2) is 0 Å². The minimum absolute atomic E-state index is 0.0259. The van der Waals surface area contributed by atoms with Crippen molar-refractivity contribution in [2.75, 3.05) is 23.0 Å². The molecule has 0 aromatic heterocycles. The highest BCUT2D eigenvalue weighted by Crippen LogP contribution is 2.47. The van der Waals surface area contributed by atoms with Crippen molar-refractivity contribution < 1.29 is 29.5 Å². The molecule has 1 fully saturated rings. The highest BCUT2D eigenvalue weighted by atomic mass is 16.6. The zero-order chi connectivity index (χ0) is 31.4. The van der Waals surface area contributed by atoms with Crippen molar-refractivity contribution in [2.24, 2.45) is 5.92 Å². The van der Waals surface area contributed by atoms with Crippen LogP contribution in [0.3, 0.4) is 0 Å². The van der Waals surface area contributed by atoms with Gasteiger partial charge in [0, 0.05) is 48.0 Å². The van der Waals surface area contributed by atoms with Crippen LogP contribution in [-0.2, 0) is 26.5 Å². The molecule has 2 aliphatic rings. The molecule has 3 atom stereocenters. The van der Waals surface area contributed by atoms with E-state index in [0.29, 0.717) is 35.6 Å². The summed E-state index contributed by atoms with van der Waals surface area (Å²) in [5, 5.41) is 33.1. The van der Waals surface area contributed by atoms with Crippen molar-refractivity contribution >= 4 is 41.0 Å². The van der Waals surface area contributed by atoms with Crippen molar-refractivity contribution in [2.45, 2.75) is 44.4 Å². The van der Waals surface area contributed by atoms with Gasteiger partial charge in [0.25, 0.3) is 11.6 Å². The maximum Gasteiger partial charge on any atom is 0.269 e. The van der Waals surface area contributed by atoms with E-state index in [9.17, 15) is 34.7 Å². The average Bonchev–Trinajstić information content (AvgIpc) is 3.60. The van der Waals surface area contributed by atoms with Crippen molar-refractivity contribution in [3.05, 3.63) is 106 Å². The number of likely N-dealkylation sites (tertiary alicyclic amines) is 1. The molecule has 0 aliphatic carbocycles. The number of aliphatic hydroxyl groups is 2. The van der Waals surface area contributed by atoms with Crippen LogP contribution in [0.1, 0.15) is 37.3 Å². The highest BCUT2D eigenvalue weighted by Gasteiger charge is 2.53. The van der Waals surface area contributed by atoms with Crippen LogP contribution in [0.4, 0.5) is 22.7 Å². The lowest BCUT2D eigenvalue weighted by molar-refractivity contribution is -0.385. The van der Waals surface area contributed by atoms with Gasteiger partial charge < -0.3 is 20.0 Å². The molecule has 228 valence electrons. The number of hydrogen-bond acceptors (Lipinski definition) is 7. The molecular weight excluding hydrogens is 564 g/mol. The van der Waals surface area contributed by atoms with E-state index in [-0.39, 0.29) is 42.8 Å². The third-order valence-corrected chi connectivity index (χ3v) is 8.42. The Kier molecular flexibility index (Phi) is 8.88. The summed E-state index contributed by atoms with van der Waals surface area (Å²) in [6.45, 7) is 2.13. The normalized spacial score (nSPS) is 20.2. The maximum absolute atomic E-state index is 14.0. The molecular formula is C33H34N4O7. The van der Waals surface area contributed by atoms with Crippen molar-refractivity contribution in [3.8, 4) is 0 Å². The number of nitro benzene ring substituents is 1. The van der Waals surface area contributed by atoms with Crippen LogP contribution in [0.15, 0.2) is 84.9 Å². The van der Waals surface area contributed by atoms with Gasteiger partial charge in [0.15, 0.2) is 5.60 Å². The van der Waals surface area contributed by atoms with Crippen LogP contribution < -0.4 is 9.80 Å². The monoisotopic (exact) mass is 598 g/mol. The number of aliphatic hydroxyl groups excluding tert-OH is 1. The van der Waals surface area contributed by atoms with Crippen LogP contribution >= 0.6 is 0 Å². The lowest BCUT2D eigenvalue weighted by atomic mass is 9.82. The lowest BCUT2D eigenvalue weighted by Crippen LogP contribution is -2.44. The number of carbonyl (C=O) groups is 3. The standard InChI is InChI=1S/C33H34N4O7/c1-23(8-5-14-31(40)34-17-7-13-28(34)21-38)33(42)29-19-27(37(43)44)15-16-30(29)35(32(33)41)20-24-9-6-12-26(18-24)36(22-39)25-10-3-2-4-11-25/h2-6,8-12,15-16,18-19,22-23,28,38,42H,7,13-14,17,20-21H2,1H3/b8-5+/t23-,28+,33+/m1/s1. The quantitative estimate of drug-likeness (QED) is 0.146.